The lowest BCUT2D eigenvalue weighted by Gasteiger charge is -2.18. The summed E-state index contributed by atoms with van der Waals surface area (Å²) in [5.41, 5.74) is -1.80. The molecule has 0 fully saturated rings. The second-order valence-electron chi connectivity index (χ2n) is 6.49. The molecule has 0 aliphatic carbocycles. The molecule has 1 amide bonds. The lowest BCUT2D eigenvalue weighted by molar-refractivity contribution is -0.386. The SMILES string of the molecule is COc1cc(/C(O)=C(\C#N)C(=O)N(C)Cc2cc(C)c(F)cc2F)cc([N+](=O)[O-])c1O. The van der Waals surface area contributed by atoms with Crippen LogP contribution < -0.4 is 4.74 Å². The van der Waals surface area contributed by atoms with Crippen LogP contribution in [0.2, 0.25) is 0 Å². The smallest absolute Gasteiger partial charge is 0.315 e. The Morgan fingerprint density at radius 1 is 1.29 bits per heavy atom. The highest BCUT2D eigenvalue weighted by molar-refractivity contribution is 6.03. The summed E-state index contributed by atoms with van der Waals surface area (Å²) in [5.74, 6) is -4.74. The summed E-state index contributed by atoms with van der Waals surface area (Å²) in [4.78, 5) is 23.8. The molecule has 2 aromatic carbocycles. The van der Waals surface area contributed by atoms with E-state index in [0.717, 1.165) is 24.1 Å². The Balaban J connectivity index is 2.47. The number of methoxy groups -OCH3 is 1. The van der Waals surface area contributed by atoms with Gasteiger partial charge >= 0.3 is 5.69 Å². The fourth-order valence-corrected chi connectivity index (χ4v) is 2.73. The maximum Gasteiger partial charge on any atom is 0.315 e. The van der Waals surface area contributed by atoms with Crippen molar-refractivity contribution >= 4 is 17.4 Å². The van der Waals surface area contributed by atoms with Crippen molar-refractivity contribution in [1.29, 1.82) is 5.26 Å². The molecule has 2 aromatic rings. The first-order valence-electron chi connectivity index (χ1n) is 8.60. The van der Waals surface area contributed by atoms with Gasteiger partial charge in [0.05, 0.1) is 12.0 Å². The lowest BCUT2D eigenvalue weighted by atomic mass is 10.1. The number of carbonyl (C=O) groups excluding carboxylic acids is 1. The molecule has 0 spiro atoms. The first kappa shape index (κ1) is 23.1. The number of nitrogens with zero attached hydrogens (tertiary/aromatic N) is 3. The molecule has 0 aliphatic heterocycles. The number of rotatable bonds is 6. The molecule has 0 bridgehead atoms. The average Bonchev–Trinajstić information content (AvgIpc) is 2.72. The monoisotopic (exact) mass is 433 g/mol. The van der Waals surface area contributed by atoms with Gasteiger partial charge in [-0.15, -0.1) is 0 Å². The number of halogens is 2. The van der Waals surface area contributed by atoms with Crippen molar-refractivity contribution in [2.75, 3.05) is 14.2 Å². The number of aromatic hydroxyl groups is 1. The minimum Gasteiger partial charge on any atom is -0.506 e. The number of aryl methyl sites for hydroxylation is 1. The van der Waals surface area contributed by atoms with Crippen LogP contribution in [0.3, 0.4) is 0 Å². The molecule has 31 heavy (non-hydrogen) atoms. The summed E-state index contributed by atoms with van der Waals surface area (Å²) in [6, 6.07) is 5.16. The third-order valence-electron chi connectivity index (χ3n) is 4.39. The predicted molar refractivity (Wildman–Crippen MR) is 104 cm³/mol. The van der Waals surface area contributed by atoms with Gasteiger partial charge in [-0.2, -0.15) is 5.26 Å². The van der Waals surface area contributed by atoms with Gasteiger partial charge in [0.15, 0.2) is 11.3 Å². The molecule has 11 heteroatoms. The quantitative estimate of drug-likeness (QED) is 0.234. The number of nitro groups is 1. The second kappa shape index (κ2) is 9.08. The Hall–Kier alpha value is -4.20. The zero-order chi connectivity index (χ0) is 23.5. The number of likely N-dealkylation sites (N-methyl/N-ethyl adjacent to an activating group) is 1. The first-order chi connectivity index (χ1) is 14.5. The Morgan fingerprint density at radius 3 is 2.48 bits per heavy atom. The van der Waals surface area contributed by atoms with Crippen LogP contribution in [0.25, 0.3) is 5.76 Å². The van der Waals surface area contributed by atoms with Crippen LogP contribution in [0.4, 0.5) is 14.5 Å². The van der Waals surface area contributed by atoms with Gasteiger partial charge in [-0.05, 0) is 24.6 Å². The van der Waals surface area contributed by atoms with E-state index in [1.165, 1.54) is 26.1 Å². The van der Waals surface area contributed by atoms with Crippen molar-refractivity contribution in [1.82, 2.24) is 4.90 Å². The Morgan fingerprint density at radius 2 is 1.94 bits per heavy atom. The van der Waals surface area contributed by atoms with Crippen LogP contribution in [-0.2, 0) is 11.3 Å². The fourth-order valence-electron chi connectivity index (χ4n) is 2.73. The number of ether oxygens (including phenoxy) is 1. The highest BCUT2D eigenvalue weighted by Crippen LogP contribution is 2.38. The van der Waals surface area contributed by atoms with E-state index in [4.69, 9.17) is 4.74 Å². The van der Waals surface area contributed by atoms with E-state index in [2.05, 4.69) is 0 Å². The molecule has 0 heterocycles. The molecule has 0 aromatic heterocycles. The number of aliphatic hydroxyl groups is 1. The van der Waals surface area contributed by atoms with Crippen molar-refractivity contribution in [3.63, 3.8) is 0 Å². The summed E-state index contributed by atoms with van der Waals surface area (Å²) >= 11 is 0. The summed E-state index contributed by atoms with van der Waals surface area (Å²) in [6.07, 6.45) is 0. The molecular formula is C20H17F2N3O6. The standard InChI is InChI=1S/C20H17F2N3O6/c1-10-4-12(15(22)7-14(10)21)9-24(2)20(28)13(8-23)18(26)11-5-16(25(29)30)19(27)17(6-11)31-3/h4-7,26-27H,9H2,1-3H3/b18-13-. The zero-order valence-electron chi connectivity index (χ0n) is 16.6. The van der Waals surface area contributed by atoms with Gasteiger partial charge in [0.2, 0.25) is 5.75 Å². The maximum atomic E-state index is 14.0. The van der Waals surface area contributed by atoms with Crippen LogP contribution in [0.5, 0.6) is 11.5 Å². The number of benzene rings is 2. The van der Waals surface area contributed by atoms with Gasteiger partial charge in [0.1, 0.15) is 23.5 Å². The van der Waals surface area contributed by atoms with Crippen molar-refractivity contribution < 1.29 is 33.4 Å². The highest BCUT2D eigenvalue weighted by Gasteiger charge is 2.26. The highest BCUT2D eigenvalue weighted by atomic mass is 19.1. The number of phenolic OH excluding ortho intramolecular Hbond substituents is 1. The maximum absolute atomic E-state index is 14.0. The molecule has 162 valence electrons. The van der Waals surface area contributed by atoms with Crippen LogP contribution in [0, 0.1) is 40.0 Å². The lowest BCUT2D eigenvalue weighted by Crippen LogP contribution is -2.28. The average molecular weight is 433 g/mol. The molecule has 0 saturated carbocycles. The molecule has 2 N–H and O–H groups in total. The fraction of sp³-hybridized carbons (Fsp3) is 0.200. The van der Waals surface area contributed by atoms with Crippen molar-refractivity contribution in [3.05, 3.63) is 68.3 Å². The third-order valence-corrected chi connectivity index (χ3v) is 4.39. The van der Waals surface area contributed by atoms with Crippen LogP contribution in [0.1, 0.15) is 16.7 Å². The number of nitriles is 1. The van der Waals surface area contributed by atoms with Crippen molar-refractivity contribution in [2.45, 2.75) is 13.5 Å². The van der Waals surface area contributed by atoms with E-state index in [-0.39, 0.29) is 29.0 Å². The van der Waals surface area contributed by atoms with Gasteiger partial charge in [-0.25, -0.2) is 8.78 Å². The molecule has 0 radical (unpaired) electrons. The van der Waals surface area contributed by atoms with Crippen molar-refractivity contribution in [2.24, 2.45) is 0 Å². The van der Waals surface area contributed by atoms with E-state index in [9.17, 15) is 39.2 Å². The summed E-state index contributed by atoms with van der Waals surface area (Å²) < 4.78 is 32.2. The number of aliphatic hydroxyl groups excluding tert-OH is 1. The Bertz CT molecular complexity index is 1140. The number of carbonyl (C=O) groups is 1. The van der Waals surface area contributed by atoms with E-state index >= 15 is 0 Å². The minimum absolute atomic E-state index is 0.0199. The van der Waals surface area contributed by atoms with Crippen LogP contribution in [-0.4, -0.2) is 40.1 Å². The van der Waals surface area contributed by atoms with E-state index < -0.39 is 45.2 Å². The number of nitro benzene ring substituents is 1. The van der Waals surface area contributed by atoms with Crippen LogP contribution in [0.15, 0.2) is 29.8 Å². The summed E-state index contributed by atoms with van der Waals surface area (Å²) in [7, 11) is 2.34. The molecular weight excluding hydrogens is 416 g/mol. The largest absolute Gasteiger partial charge is 0.506 e. The van der Waals surface area contributed by atoms with Crippen LogP contribution >= 0.6 is 0 Å². The van der Waals surface area contributed by atoms with Gasteiger partial charge < -0.3 is 19.8 Å². The topological polar surface area (TPSA) is 137 Å². The van der Waals surface area contributed by atoms with Gasteiger partial charge in [0, 0.05) is 36.9 Å². The number of phenols is 1. The summed E-state index contributed by atoms with van der Waals surface area (Å²) in [6.45, 7) is 1.07. The normalized spacial score (nSPS) is 11.4. The first-order valence-corrected chi connectivity index (χ1v) is 8.60. The van der Waals surface area contributed by atoms with Gasteiger partial charge in [0.25, 0.3) is 5.91 Å². The molecule has 2 rings (SSSR count). The molecule has 0 aliphatic rings. The van der Waals surface area contributed by atoms with Gasteiger partial charge in [-0.3, -0.25) is 14.9 Å². The summed E-state index contributed by atoms with van der Waals surface area (Å²) in [5, 5.41) is 40.8. The molecule has 0 atom stereocenters. The minimum atomic E-state index is -1.02. The zero-order valence-corrected chi connectivity index (χ0v) is 16.6. The van der Waals surface area contributed by atoms with E-state index in [1.807, 2.05) is 0 Å². The Kier molecular flexibility index (Phi) is 6.76. The second-order valence-corrected chi connectivity index (χ2v) is 6.49. The number of hydrogen-bond donors (Lipinski definition) is 2. The third kappa shape index (κ3) is 4.69. The molecule has 0 saturated heterocycles. The number of amides is 1. The Labute approximate surface area is 175 Å². The van der Waals surface area contributed by atoms with E-state index in [0.29, 0.717) is 6.07 Å². The van der Waals surface area contributed by atoms with Crippen molar-refractivity contribution in [3.8, 4) is 17.6 Å². The van der Waals surface area contributed by atoms with E-state index in [1.54, 1.807) is 0 Å². The molecule has 9 nitrogen and oxygen atoms in total. The number of hydrogen-bond acceptors (Lipinski definition) is 7. The molecule has 0 unspecified atom stereocenters. The predicted octanol–water partition coefficient (Wildman–Crippen LogP) is 3.35. The van der Waals surface area contributed by atoms with Gasteiger partial charge in [-0.1, -0.05) is 0 Å².